The number of hydrogen-bond donors (Lipinski definition) is 0. The zero-order valence-corrected chi connectivity index (χ0v) is 30.3. The molecule has 0 fully saturated rings. The van der Waals surface area contributed by atoms with E-state index in [0.717, 1.165) is 60.6 Å². The third-order valence-electron chi connectivity index (χ3n) is 10.8. The lowest BCUT2D eigenvalue weighted by Gasteiger charge is -2.12. The van der Waals surface area contributed by atoms with E-state index in [1.165, 1.54) is 22.1 Å². The number of rotatable bonds is 6. The van der Waals surface area contributed by atoms with Gasteiger partial charge in [0.05, 0.1) is 22.1 Å². The van der Waals surface area contributed by atoms with Gasteiger partial charge in [0.25, 0.3) is 0 Å². The largest absolute Gasteiger partial charge is 0.309 e. The van der Waals surface area contributed by atoms with E-state index in [1.807, 2.05) is 24.3 Å². The highest BCUT2D eigenvalue weighted by Gasteiger charge is 2.23. The molecule has 0 aliphatic carbocycles. The fourth-order valence-electron chi connectivity index (χ4n) is 8.18. The van der Waals surface area contributed by atoms with Crippen molar-refractivity contribution in [1.82, 2.24) is 24.1 Å². The molecular weight excluding hydrogens is 683 g/mol. The van der Waals surface area contributed by atoms with Gasteiger partial charge in [0, 0.05) is 38.4 Å². The summed E-state index contributed by atoms with van der Waals surface area (Å²) in [6.45, 7) is 0. The van der Waals surface area contributed by atoms with Crippen LogP contribution >= 0.6 is 0 Å². The van der Waals surface area contributed by atoms with Gasteiger partial charge in [0.2, 0.25) is 5.95 Å². The van der Waals surface area contributed by atoms with Crippen molar-refractivity contribution in [1.29, 1.82) is 0 Å². The topological polar surface area (TPSA) is 48.5 Å². The average molecular weight is 716 g/mol. The summed E-state index contributed by atoms with van der Waals surface area (Å²) >= 11 is 0. The number of nitrogens with zero attached hydrogens (tertiary/aromatic N) is 5. The molecule has 262 valence electrons. The summed E-state index contributed by atoms with van der Waals surface area (Å²) in [5, 5.41) is 4.60. The van der Waals surface area contributed by atoms with Crippen molar-refractivity contribution in [3.05, 3.63) is 200 Å². The van der Waals surface area contributed by atoms with Crippen LogP contribution in [-0.4, -0.2) is 24.1 Å². The monoisotopic (exact) mass is 715 g/mol. The Labute approximate surface area is 323 Å². The van der Waals surface area contributed by atoms with E-state index >= 15 is 0 Å². The minimum absolute atomic E-state index is 0.573. The molecule has 0 aliphatic heterocycles. The van der Waals surface area contributed by atoms with Gasteiger partial charge < -0.3 is 4.57 Å². The molecule has 3 aromatic heterocycles. The molecule has 5 nitrogen and oxygen atoms in total. The van der Waals surface area contributed by atoms with E-state index in [1.54, 1.807) is 0 Å². The maximum absolute atomic E-state index is 5.30. The Balaban J connectivity index is 1.17. The highest BCUT2D eigenvalue weighted by molar-refractivity contribution is 6.26. The van der Waals surface area contributed by atoms with Crippen LogP contribution in [-0.2, 0) is 0 Å². The van der Waals surface area contributed by atoms with E-state index in [-0.39, 0.29) is 0 Å². The van der Waals surface area contributed by atoms with Crippen LogP contribution in [0.4, 0.5) is 0 Å². The van der Waals surface area contributed by atoms with Gasteiger partial charge in [-0.15, -0.1) is 0 Å². The van der Waals surface area contributed by atoms with Crippen LogP contribution in [0, 0.1) is 0 Å². The summed E-state index contributed by atoms with van der Waals surface area (Å²) in [5.41, 5.74) is 12.0. The van der Waals surface area contributed by atoms with Crippen molar-refractivity contribution in [2.24, 2.45) is 0 Å². The Morgan fingerprint density at radius 2 is 0.732 bits per heavy atom. The summed E-state index contributed by atoms with van der Waals surface area (Å²) in [4.78, 5) is 15.7. The molecule has 8 aromatic carbocycles. The molecule has 0 radical (unpaired) electrons. The van der Waals surface area contributed by atoms with E-state index in [2.05, 4.69) is 185 Å². The maximum atomic E-state index is 5.30. The number of para-hydroxylation sites is 2. The normalized spacial score (nSPS) is 11.6. The van der Waals surface area contributed by atoms with Gasteiger partial charge in [-0.25, -0.2) is 4.98 Å². The molecule has 11 rings (SSSR count). The van der Waals surface area contributed by atoms with Gasteiger partial charge in [0.15, 0.2) is 11.6 Å². The summed E-state index contributed by atoms with van der Waals surface area (Å²) in [6, 6.07) is 70.3. The fraction of sp³-hybridized carbons (Fsp3) is 0. The zero-order chi connectivity index (χ0) is 37.0. The van der Waals surface area contributed by atoms with Crippen LogP contribution in [0.2, 0.25) is 0 Å². The summed E-state index contributed by atoms with van der Waals surface area (Å²) in [7, 11) is 0. The van der Waals surface area contributed by atoms with E-state index in [4.69, 9.17) is 15.0 Å². The van der Waals surface area contributed by atoms with Crippen LogP contribution in [0.15, 0.2) is 200 Å². The molecule has 56 heavy (non-hydrogen) atoms. The van der Waals surface area contributed by atoms with Crippen molar-refractivity contribution < 1.29 is 0 Å². The number of hydrogen-bond acceptors (Lipinski definition) is 3. The van der Waals surface area contributed by atoms with Crippen LogP contribution < -0.4 is 0 Å². The third kappa shape index (κ3) is 5.21. The lowest BCUT2D eigenvalue weighted by Crippen LogP contribution is -2.06. The highest BCUT2D eigenvalue weighted by Crippen LogP contribution is 2.42. The van der Waals surface area contributed by atoms with Gasteiger partial charge >= 0.3 is 0 Å². The lowest BCUT2D eigenvalue weighted by molar-refractivity contribution is 0.955. The minimum Gasteiger partial charge on any atom is -0.309 e. The first-order chi connectivity index (χ1) is 27.8. The van der Waals surface area contributed by atoms with Crippen molar-refractivity contribution in [2.75, 3.05) is 0 Å². The Kier molecular flexibility index (Phi) is 7.42. The first-order valence-electron chi connectivity index (χ1n) is 18.9. The third-order valence-corrected chi connectivity index (χ3v) is 10.8. The van der Waals surface area contributed by atoms with Gasteiger partial charge in [-0.2, -0.15) is 9.97 Å². The number of benzene rings is 8. The molecule has 0 saturated heterocycles. The molecule has 5 heteroatoms. The fourth-order valence-corrected chi connectivity index (χ4v) is 8.18. The first kappa shape index (κ1) is 31.9. The van der Waals surface area contributed by atoms with Crippen LogP contribution in [0.5, 0.6) is 0 Å². The van der Waals surface area contributed by atoms with Crippen LogP contribution in [0.3, 0.4) is 0 Å². The second-order valence-corrected chi connectivity index (χ2v) is 14.1. The Bertz CT molecular complexity index is 3200. The Morgan fingerprint density at radius 3 is 1.34 bits per heavy atom. The van der Waals surface area contributed by atoms with Gasteiger partial charge in [-0.05, 0) is 52.6 Å². The predicted molar refractivity (Wildman–Crippen MR) is 230 cm³/mol. The van der Waals surface area contributed by atoms with Crippen LogP contribution in [0.25, 0.3) is 100 Å². The smallest absolute Gasteiger partial charge is 0.238 e. The summed E-state index contributed by atoms with van der Waals surface area (Å²) in [5.74, 6) is 1.81. The van der Waals surface area contributed by atoms with Crippen LogP contribution in [0.1, 0.15) is 0 Å². The quantitative estimate of drug-likeness (QED) is 0.172. The first-order valence-corrected chi connectivity index (χ1v) is 18.9. The summed E-state index contributed by atoms with van der Waals surface area (Å²) < 4.78 is 4.63. The number of aromatic nitrogens is 5. The molecule has 0 saturated carbocycles. The van der Waals surface area contributed by atoms with E-state index in [0.29, 0.717) is 17.6 Å². The minimum atomic E-state index is 0.573. The highest BCUT2D eigenvalue weighted by atomic mass is 15.2. The van der Waals surface area contributed by atoms with E-state index < -0.39 is 0 Å². The van der Waals surface area contributed by atoms with Crippen molar-refractivity contribution in [3.63, 3.8) is 0 Å². The predicted octanol–water partition coefficient (Wildman–Crippen LogP) is 12.7. The number of fused-ring (bicyclic) bond motifs is 7. The van der Waals surface area contributed by atoms with Crippen molar-refractivity contribution in [2.45, 2.75) is 0 Å². The molecule has 0 atom stereocenters. The van der Waals surface area contributed by atoms with E-state index in [9.17, 15) is 0 Å². The molecule has 11 aromatic rings. The van der Waals surface area contributed by atoms with Gasteiger partial charge in [-0.3, -0.25) is 4.57 Å². The van der Waals surface area contributed by atoms with Crippen molar-refractivity contribution >= 4 is 43.6 Å². The molecular formula is C51H33N5. The molecule has 0 amide bonds. The lowest BCUT2D eigenvalue weighted by atomic mass is 10.0. The molecule has 0 bridgehead atoms. The average Bonchev–Trinajstić information content (AvgIpc) is 3.80. The summed E-state index contributed by atoms with van der Waals surface area (Å²) in [6.07, 6.45) is 0. The standard InChI is InChI=1S/C51H33N5/c1-4-14-34(15-5-1)36-24-26-39(27-25-36)50-52-49(38-18-8-3-9-19-38)53-51(54-50)56-44-22-12-10-20-41(44)42-32-33-46-47(48(42)56)43-21-11-13-23-45(43)55(46)40-30-28-37(29-31-40)35-16-6-2-7-17-35/h1-33H. The molecule has 0 unspecified atom stereocenters. The molecule has 0 spiro atoms. The molecule has 0 N–H and O–H groups in total. The Hall–Kier alpha value is -7.63. The van der Waals surface area contributed by atoms with Gasteiger partial charge in [-0.1, -0.05) is 170 Å². The van der Waals surface area contributed by atoms with Crippen molar-refractivity contribution in [3.8, 4) is 56.7 Å². The second kappa shape index (κ2) is 13.0. The SMILES string of the molecule is c1ccc(-c2ccc(-c3nc(-c4ccccc4)nc(-n4c5ccccc5c5ccc6c(c7ccccc7n6-c6ccc(-c7ccccc7)cc6)c54)n3)cc2)cc1. The molecule has 3 heterocycles. The zero-order valence-electron chi connectivity index (χ0n) is 30.3. The van der Waals surface area contributed by atoms with Gasteiger partial charge in [0.1, 0.15) is 0 Å². The molecule has 0 aliphatic rings. The Morgan fingerprint density at radius 1 is 0.286 bits per heavy atom. The second-order valence-electron chi connectivity index (χ2n) is 14.1. The maximum Gasteiger partial charge on any atom is 0.238 e.